The topological polar surface area (TPSA) is 109 Å². The van der Waals surface area contributed by atoms with Gasteiger partial charge < -0.3 is 10.9 Å². The van der Waals surface area contributed by atoms with Crippen LogP contribution in [-0.2, 0) is 10.0 Å². The molecule has 3 N–H and O–H groups in total. The average Bonchev–Trinajstić information content (AvgIpc) is 2.51. The van der Waals surface area contributed by atoms with Crippen molar-refractivity contribution in [2.75, 3.05) is 7.05 Å². The first-order chi connectivity index (χ1) is 9.89. The summed E-state index contributed by atoms with van der Waals surface area (Å²) in [5.74, 6) is -0.178. The summed E-state index contributed by atoms with van der Waals surface area (Å²) >= 11 is 0. The second-order valence-corrected chi connectivity index (χ2v) is 6.54. The van der Waals surface area contributed by atoms with Gasteiger partial charge in [-0.1, -0.05) is 17.3 Å². The fraction of sp³-hybridized carbons (Fsp3) is 0.231. The quantitative estimate of drug-likeness (QED) is 0.379. The summed E-state index contributed by atoms with van der Waals surface area (Å²) in [6, 6.07) is 5.84. The summed E-state index contributed by atoms with van der Waals surface area (Å²) in [4.78, 5) is 4.13. The van der Waals surface area contributed by atoms with Gasteiger partial charge in [0, 0.05) is 30.2 Å². The Balaban J connectivity index is 2.57. The van der Waals surface area contributed by atoms with E-state index < -0.39 is 16.1 Å². The Morgan fingerprint density at radius 1 is 1.43 bits per heavy atom. The number of pyridine rings is 1. The van der Waals surface area contributed by atoms with E-state index >= 15 is 0 Å². The summed E-state index contributed by atoms with van der Waals surface area (Å²) in [5.41, 5.74) is 5.49. The van der Waals surface area contributed by atoms with Gasteiger partial charge in [-0.15, -0.1) is 0 Å². The lowest BCUT2D eigenvalue weighted by Gasteiger charge is -2.23. The Kier molecular flexibility index (Phi) is 4.10. The second-order valence-electron chi connectivity index (χ2n) is 4.58. The Morgan fingerprint density at radius 2 is 2.14 bits per heavy atom. The zero-order valence-electron chi connectivity index (χ0n) is 11.6. The Morgan fingerprint density at radius 3 is 2.81 bits per heavy atom. The number of hydrogen-bond donors (Lipinski definition) is 2. The molecule has 1 heterocycles. The van der Waals surface area contributed by atoms with Crippen LogP contribution in [0.25, 0.3) is 10.8 Å². The van der Waals surface area contributed by atoms with Crippen LogP contribution >= 0.6 is 0 Å². The molecule has 1 unspecified atom stereocenters. The highest BCUT2D eigenvalue weighted by molar-refractivity contribution is 7.89. The molecule has 1 aromatic carbocycles. The number of nitrogens with two attached hydrogens (primary N) is 1. The van der Waals surface area contributed by atoms with Crippen LogP contribution in [0.1, 0.15) is 6.92 Å². The lowest BCUT2D eigenvalue weighted by molar-refractivity contribution is 0.311. The molecule has 0 amide bonds. The molecule has 1 atom stereocenters. The summed E-state index contributed by atoms with van der Waals surface area (Å²) < 4.78 is 26.5. The van der Waals surface area contributed by atoms with Gasteiger partial charge >= 0.3 is 0 Å². The van der Waals surface area contributed by atoms with Crippen LogP contribution in [0, 0.1) is 0 Å². The summed E-state index contributed by atoms with van der Waals surface area (Å²) in [6.07, 6.45) is 3.13. The van der Waals surface area contributed by atoms with E-state index in [0.29, 0.717) is 5.39 Å². The maximum absolute atomic E-state index is 12.7. The van der Waals surface area contributed by atoms with Crippen molar-refractivity contribution in [2.24, 2.45) is 10.9 Å². The molecule has 112 valence electrons. The van der Waals surface area contributed by atoms with Crippen molar-refractivity contribution in [2.45, 2.75) is 17.9 Å². The number of likely N-dealkylation sites (N-methyl/N-ethyl adjacent to an activating group) is 1. The minimum absolute atomic E-state index is 0.155. The lowest BCUT2D eigenvalue weighted by Crippen LogP contribution is -2.43. The van der Waals surface area contributed by atoms with E-state index in [1.807, 2.05) is 0 Å². The van der Waals surface area contributed by atoms with Gasteiger partial charge in [0.2, 0.25) is 10.0 Å². The number of hydrogen-bond acceptors (Lipinski definition) is 5. The number of benzene rings is 1. The van der Waals surface area contributed by atoms with Gasteiger partial charge in [0.1, 0.15) is 0 Å². The molecule has 0 saturated heterocycles. The van der Waals surface area contributed by atoms with Crippen LogP contribution in [0.2, 0.25) is 0 Å². The Hall–Kier alpha value is -2.19. The average molecular weight is 308 g/mol. The number of sulfonamides is 1. The van der Waals surface area contributed by atoms with Crippen LogP contribution in [-0.4, -0.2) is 41.8 Å². The van der Waals surface area contributed by atoms with Gasteiger partial charge in [-0.3, -0.25) is 4.98 Å². The standard InChI is InChI=1S/C13H16N4O3S/c1-9(13(14)16-18)17(2)21(19,20)12-5-3-4-10-8-15-7-6-11(10)12/h3-9,18H,1-2H3,(H2,14,16). The third kappa shape index (κ3) is 2.67. The van der Waals surface area contributed by atoms with Crippen LogP contribution < -0.4 is 5.73 Å². The Labute approximate surface area is 122 Å². The highest BCUT2D eigenvalue weighted by Gasteiger charge is 2.29. The number of fused-ring (bicyclic) bond motifs is 1. The maximum atomic E-state index is 12.7. The van der Waals surface area contributed by atoms with Crippen molar-refractivity contribution >= 4 is 26.6 Å². The van der Waals surface area contributed by atoms with Crippen LogP contribution in [0.15, 0.2) is 46.7 Å². The van der Waals surface area contributed by atoms with Gasteiger partial charge in [-0.05, 0) is 19.1 Å². The first kappa shape index (κ1) is 15.2. The number of rotatable bonds is 4. The van der Waals surface area contributed by atoms with E-state index in [1.54, 1.807) is 31.3 Å². The molecule has 1 aromatic heterocycles. The van der Waals surface area contributed by atoms with E-state index in [9.17, 15) is 8.42 Å². The summed E-state index contributed by atoms with van der Waals surface area (Å²) in [7, 11) is -2.40. The number of aromatic nitrogens is 1. The zero-order valence-corrected chi connectivity index (χ0v) is 12.4. The molecule has 0 saturated carbocycles. The van der Waals surface area contributed by atoms with Crippen molar-refractivity contribution in [3.8, 4) is 0 Å². The number of nitrogens with zero attached hydrogens (tertiary/aromatic N) is 3. The van der Waals surface area contributed by atoms with Crippen molar-refractivity contribution < 1.29 is 13.6 Å². The first-order valence-electron chi connectivity index (χ1n) is 6.17. The van der Waals surface area contributed by atoms with Crippen molar-refractivity contribution in [3.05, 3.63) is 36.7 Å². The molecule has 0 radical (unpaired) electrons. The highest BCUT2D eigenvalue weighted by Crippen LogP contribution is 2.25. The predicted octanol–water partition coefficient (Wildman–Crippen LogP) is 0.990. The summed E-state index contributed by atoms with van der Waals surface area (Å²) in [6.45, 7) is 1.54. The molecule has 0 bridgehead atoms. The van der Waals surface area contributed by atoms with E-state index in [4.69, 9.17) is 10.9 Å². The SMILES string of the molecule is CC(C(N)=NO)N(C)S(=O)(=O)c1cccc2cnccc12. The minimum atomic E-state index is -3.79. The molecule has 21 heavy (non-hydrogen) atoms. The largest absolute Gasteiger partial charge is 0.409 e. The molecule has 0 aliphatic rings. The van der Waals surface area contributed by atoms with Gasteiger partial charge in [-0.25, -0.2) is 8.42 Å². The molecule has 8 heteroatoms. The molecule has 0 spiro atoms. The third-order valence-electron chi connectivity index (χ3n) is 3.39. The molecular formula is C13H16N4O3S. The number of amidine groups is 1. The highest BCUT2D eigenvalue weighted by atomic mass is 32.2. The smallest absolute Gasteiger partial charge is 0.244 e. The normalized spacial score (nSPS) is 14.5. The van der Waals surface area contributed by atoms with Crippen molar-refractivity contribution in [1.82, 2.24) is 9.29 Å². The molecular weight excluding hydrogens is 292 g/mol. The lowest BCUT2D eigenvalue weighted by atomic mass is 10.2. The molecule has 0 fully saturated rings. The molecule has 0 aliphatic carbocycles. The van der Waals surface area contributed by atoms with E-state index in [-0.39, 0.29) is 10.7 Å². The van der Waals surface area contributed by atoms with Crippen LogP contribution in [0.4, 0.5) is 0 Å². The minimum Gasteiger partial charge on any atom is -0.409 e. The van der Waals surface area contributed by atoms with Gasteiger partial charge in [0.15, 0.2) is 5.84 Å². The molecule has 0 aliphatic heterocycles. The second kappa shape index (κ2) is 5.66. The van der Waals surface area contributed by atoms with Crippen molar-refractivity contribution in [3.63, 3.8) is 0 Å². The zero-order chi connectivity index (χ0) is 15.6. The maximum Gasteiger partial charge on any atom is 0.244 e. The summed E-state index contributed by atoms with van der Waals surface area (Å²) in [5, 5.41) is 12.9. The Bertz CT molecular complexity index is 784. The van der Waals surface area contributed by atoms with Crippen LogP contribution in [0.5, 0.6) is 0 Å². The molecule has 7 nitrogen and oxygen atoms in total. The van der Waals surface area contributed by atoms with E-state index in [2.05, 4.69) is 10.1 Å². The number of oxime groups is 1. The predicted molar refractivity (Wildman–Crippen MR) is 79.6 cm³/mol. The van der Waals surface area contributed by atoms with Gasteiger partial charge in [0.05, 0.1) is 10.9 Å². The molecule has 2 aromatic rings. The van der Waals surface area contributed by atoms with E-state index in [1.165, 1.54) is 19.3 Å². The van der Waals surface area contributed by atoms with Crippen LogP contribution in [0.3, 0.4) is 0 Å². The fourth-order valence-electron chi connectivity index (χ4n) is 1.95. The molecule has 2 rings (SSSR count). The first-order valence-corrected chi connectivity index (χ1v) is 7.61. The van der Waals surface area contributed by atoms with Gasteiger partial charge in [-0.2, -0.15) is 4.31 Å². The fourth-order valence-corrected chi connectivity index (χ4v) is 3.50. The van der Waals surface area contributed by atoms with Crippen molar-refractivity contribution in [1.29, 1.82) is 0 Å². The third-order valence-corrected chi connectivity index (χ3v) is 5.37. The van der Waals surface area contributed by atoms with Gasteiger partial charge in [0.25, 0.3) is 0 Å². The van der Waals surface area contributed by atoms with E-state index in [0.717, 1.165) is 9.69 Å². The monoisotopic (exact) mass is 308 g/mol.